The number of hydrogen-bond donors (Lipinski definition) is 0. The summed E-state index contributed by atoms with van der Waals surface area (Å²) in [6, 6.07) is 11.7. The first kappa shape index (κ1) is 12.4. The fraction of sp³-hybridized carbons (Fsp3) is 0.0667. The van der Waals surface area contributed by atoms with Crippen molar-refractivity contribution in [2.75, 3.05) is 0 Å². The van der Waals surface area contributed by atoms with Crippen molar-refractivity contribution in [1.29, 1.82) is 0 Å². The number of aromatic nitrogens is 1. The van der Waals surface area contributed by atoms with Gasteiger partial charge in [0.05, 0.1) is 6.54 Å². The second-order valence-electron chi connectivity index (χ2n) is 4.35. The summed E-state index contributed by atoms with van der Waals surface area (Å²) in [6.45, 7) is 0.179. The zero-order valence-electron chi connectivity index (χ0n) is 9.91. The molecule has 0 radical (unpaired) electrons. The fourth-order valence-electron chi connectivity index (χ4n) is 2.15. The zero-order valence-corrected chi connectivity index (χ0v) is 11.5. The molecule has 3 rings (SSSR count). The molecule has 2 aromatic carbocycles. The van der Waals surface area contributed by atoms with Gasteiger partial charge in [0.2, 0.25) is 0 Å². The Morgan fingerprint density at radius 1 is 1.00 bits per heavy atom. The van der Waals surface area contributed by atoms with E-state index in [-0.39, 0.29) is 12.1 Å². The Morgan fingerprint density at radius 2 is 1.74 bits per heavy atom. The highest BCUT2D eigenvalue weighted by Gasteiger charge is 2.10. The lowest BCUT2D eigenvalue weighted by atomic mass is 10.2. The van der Waals surface area contributed by atoms with Gasteiger partial charge in [-0.2, -0.15) is 0 Å². The summed E-state index contributed by atoms with van der Waals surface area (Å²) in [5.41, 5.74) is 1.03. The monoisotopic (exact) mass is 321 g/mol. The highest BCUT2D eigenvalue weighted by atomic mass is 79.9. The van der Waals surface area contributed by atoms with Crippen molar-refractivity contribution in [3.05, 3.63) is 70.3 Å². The van der Waals surface area contributed by atoms with Crippen molar-refractivity contribution in [3.63, 3.8) is 0 Å². The molecule has 0 saturated heterocycles. The van der Waals surface area contributed by atoms with E-state index in [0.717, 1.165) is 15.4 Å². The van der Waals surface area contributed by atoms with Gasteiger partial charge in [-0.05, 0) is 35.7 Å². The standard InChI is InChI=1S/C15H10BrF2N/c16-11-5-4-10-6-7-19(15(10)8-11)9-12-13(17)2-1-3-14(12)18/h1-8H,9H2. The molecule has 19 heavy (non-hydrogen) atoms. The molecule has 1 nitrogen and oxygen atoms in total. The predicted molar refractivity (Wildman–Crippen MR) is 75.1 cm³/mol. The molecule has 96 valence electrons. The van der Waals surface area contributed by atoms with Crippen molar-refractivity contribution < 1.29 is 8.78 Å². The summed E-state index contributed by atoms with van der Waals surface area (Å²) in [5.74, 6) is -1.03. The normalized spacial score (nSPS) is 11.1. The minimum Gasteiger partial charge on any atom is -0.343 e. The lowest BCUT2D eigenvalue weighted by Gasteiger charge is -2.08. The van der Waals surface area contributed by atoms with Crippen LogP contribution in [0.15, 0.2) is 53.1 Å². The number of rotatable bonds is 2. The zero-order chi connectivity index (χ0) is 13.4. The van der Waals surface area contributed by atoms with E-state index in [0.29, 0.717) is 0 Å². The third-order valence-corrected chi connectivity index (χ3v) is 3.62. The number of fused-ring (bicyclic) bond motifs is 1. The smallest absolute Gasteiger partial charge is 0.131 e. The van der Waals surface area contributed by atoms with E-state index in [1.54, 1.807) is 0 Å². The van der Waals surface area contributed by atoms with Crippen LogP contribution in [0.25, 0.3) is 10.9 Å². The summed E-state index contributed by atoms with van der Waals surface area (Å²) in [7, 11) is 0. The van der Waals surface area contributed by atoms with Gasteiger partial charge in [-0.3, -0.25) is 0 Å². The van der Waals surface area contributed by atoms with Gasteiger partial charge in [-0.15, -0.1) is 0 Å². The third-order valence-electron chi connectivity index (χ3n) is 3.13. The Kier molecular flexibility index (Phi) is 3.11. The number of nitrogens with zero attached hydrogens (tertiary/aromatic N) is 1. The van der Waals surface area contributed by atoms with E-state index in [9.17, 15) is 8.78 Å². The highest BCUT2D eigenvalue weighted by molar-refractivity contribution is 9.10. The molecule has 0 atom stereocenters. The van der Waals surface area contributed by atoms with Gasteiger partial charge in [0, 0.05) is 21.7 Å². The van der Waals surface area contributed by atoms with Crippen molar-refractivity contribution in [2.45, 2.75) is 6.54 Å². The van der Waals surface area contributed by atoms with Gasteiger partial charge in [-0.1, -0.05) is 28.1 Å². The Hall–Kier alpha value is -1.68. The van der Waals surface area contributed by atoms with E-state index >= 15 is 0 Å². The average molecular weight is 322 g/mol. The van der Waals surface area contributed by atoms with Crippen LogP contribution in [0, 0.1) is 11.6 Å². The van der Waals surface area contributed by atoms with Gasteiger partial charge in [0.15, 0.2) is 0 Å². The van der Waals surface area contributed by atoms with E-state index < -0.39 is 11.6 Å². The number of hydrogen-bond acceptors (Lipinski definition) is 0. The molecule has 0 saturated carbocycles. The Labute approximate surface area is 117 Å². The van der Waals surface area contributed by atoms with Crippen LogP contribution in [0.3, 0.4) is 0 Å². The first-order chi connectivity index (χ1) is 9.15. The van der Waals surface area contributed by atoms with Gasteiger partial charge in [0.25, 0.3) is 0 Å². The van der Waals surface area contributed by atoms with Gasteiger partial charge >= 0.3 is 0 Å². The van der Waals surface area contributed by atoms with Crippen LogP contribution in [0.5, 0.6) is 0 Å². The second kappa shape index (κ2) is 4.78. The third kappa shape index (κ3) is 2.28. The maximum absolute atomic E-state index is 13.7. The van der Waals surface area contributed by atoms with E-state index in [2.05, 4.69) is 15.9 Å². The Balaban J connectivity index is 2.08. The van der Waals surface area contributed by atoms with Crippen molar-refractivity contribution >= 4 is 26.8 Å². The van der Waals surface area contributed by atoms with Gasteiger partial charge < -0.3 is 4.57 Å². The molecular weight excluding hydrogens is 312 g/mol. The molecule has 0 aliphatic carbocycles. The fourth-order valence-corrected chi connectivity index (χ4v) is 2.50. The molecule has 0 aliphatic heterocycles. The molecule has 3 aromatic rings. The van der Waals surface area contributed by atoms with Crippen LogP contribution < -0.4 is 0 Å². The second-order valence-corrected chi connectivity index (χ2v) is 5.26. The Bertz CT molecular complexity index is 729. The lowest BCUT2D eigenvalue weighted by molar-refractivity contribution is 0.547. The van der Waals surface area contributed by atoms with Crippen LogP contribution >= 0.6 is 15.9 Å². The van der Waals surface area contributed by atoms with Crippen molar-refractivity contribution in [3.8, 4) is 0 Å². The van der Waals surface area contributed by atoms with E-state index in [1.807, 2.05) is 35.0 Å². The lowest BCUT2D eigenvalue weighted by Crippen LogP contribution is -2.03. The van der Waals surface area contributed by atoms with Gasteiger partial charge in [0.1, 0.15) is 11.6 Å². The average Bonchev–Trinajstić information content (AvgIpc) is 2.76. The van der Waals surface area contributed by atoms with Crippen LogP contribution in [0.1, 0.15) is 5.56 Å². The van der Waals surface area contributed by atoms with Crippen LogP contribution in [-0.2, 0) is 6.54 Å². The summed E-state index contributed by atoms with van der Waals surface area (Å²) in [4.78, 5) is 0. The molecule has 0 spiro atoms. The maximum Gasteiger partial charge on any atom is 0.131 e. The molecule has 0 bridgehead atoms. The van der Waals surface area contributed by atoms with Gasteiger partial charge in [-0.25, -0.2) is 8.78 Å². The van der Waals surface area contributed by atoms with Crippen LogP contribution in [0.2, 0.25) is 0 Å². The molecule has 0 fully saturated rings. The Morgan fingerprint density at radius 3 is 2.47 bits per heavy atom. The number of halogens is 3. The largest absolute Gasteiger partial charge is 0.343 e. The van der Waals surface area contributed by atoms with Crippen molar-refractivity contribution in [1.82, 2.24) is 4.57 Å². The quantitative estimate of drug-likeness (QED) is 0.643. The molecule has 0 unspecified atom stereocenters. The first-order valence-electron chi connectivity index (χ1n) is 5.82. The minimum absolute atomic E-state index is 0.0833. The number of benzene rings is 2. The SMILES string of the molecule is Fc1cccc(F)c1Cn1ccc2ccc(Br)cc21. The van der Waals surface area contributed by atoms with Crippen LogP contribution in [0.4, 0.5) is 8.78 Å². The first-order valence-corrected chi connectivity index (χ1v) is 6.62. The topological polar surface area (TPSA) is 4.93 Å². The molecule has 4 heteroatoms. The highest BCUT2D eigenvalue weighted by Crippen LogP contribution is 2.23. The summed E-state index contributed by atoms with van der Waals surface area (Å²) >= 11 is 3.40. The molecule has 1 heterocycles. The van der Waals surface area contributed by atoms with E-state index in [1.165, 1.54) is 18.2 Å². The molecule has 0 amide bonds. The molecule has 1 aromatic heterocycles. The predicted octanol–water partition coefficient (Wildman–Crippen LogP) is 4.73. The minimum atomic E-state index is -0.517. The molecular formula is C15H10BrF2N. The summed E-state index contributed by atoms with van der Waals surface area (Å²) < 4.78 is 30.1. The molecule has 0 aliphatic rings. The summed E-state index contributed by atoms with van der Waals surface area (Å²) in [5, 5.41) is 1.04. The molecule has 0 N–H and O–H groups in total. The summed E-state index contributed by atoms with van der Waals surface area (Å²) in [6.07, 6.45) is 1.84. The van der Waals surface area contributed by atoms with Crippen molar-refractivity contribution in [2.24, 2.45) is 0 Å². The van der Waals surface area contributed by atoms with E-state index in [4.69, 9.17) is 0 Å². The maximum atomic E-state index is 13.7. The van der Waals surface area contributed by atoms with Crippen LogP contribution in [-0.4, -0.2) is 4.57 Å².